The van der Waals surface area contributed by atoms with Gasteiger partial charge < -0.3 is 5.32 Å². The van der Waals surface area contributed by atoms with E-state index in [1.165, 1.54) is 90.1 Å². The van der Waals surface area contributed by atoms with Crippen molar-refractivity contribution >= 4 is 11.6 Å². The van der Waals surface area contributed by atoms with Crippen LogP contribution in [0, 0.1) is 5.92 Å². The molecule has 1 rings (SSSR count). The smallest absolute Gasteiger partial charge is 0.0342 e. The Morgan fingerprint density at radius 2 is 1.37 bits per heavy atom. The third-order valence-corrected chi connectivity index (χ3v) is 4.67. The molecule has 19 heavy (non-hydrogen) atoms. The summed E-state index contributed by atoms with van der Waals surface area (Å²) in [5, 5.41) is 4.05. The molecular weight excluding hydrogens is 254 g/mol. The second-order valence-corrected chi connectivity index (χ2v) is 6.94. The number of halogens is 1. The van der Waals surface area contributed by atoms with Crippen LogP contribution in [0.2, 0.25) is 0 Å². The standard InChI is InChI=1S/C17H34ClN/c1-2-3-4-5-6-7-8-9-10-11-12-19-15-16-13-17(18)14-16/h16-17,19H,2-15H2,1H3. The summed E-state index contributed by atoms with van der Waals surface area (Å²) in [6.07, 6.45) is 16.7. The molecule has 0 radical (unpaired) electrons. The highest BCUT2D eigenvalue weighted by Crippen LogP contribution is 2.30. The van der Waals surface area contributed by atoms with Gasteiger partial charge in [-0.15, -0.1) is 11.6 Å². The van der Waals surface area contributed by atoms with E-state index in [1.54, 1.807) is 0 Å². The molecule has 0 bridgehead atoms. The number of nitrogens with one attached hydrogen (secondary N) is 1. The van der Waals surface area contributed by atoms with Gasteiger partial charge in [-0.2, -0.15) is 0 Å². The molecule has 1 saturated carbocycles. The Kier molecular flexibility index (Phi) is 11.0. The Labute approximate surface area is 125 Å². The summed E-state index contributed by atoms with van der Waals surface area (Å²) in [5.74, 6) is 0.866. The molecule has 0 aromatic heterocycles. The van der Waals surface area contributed by atoms with Gasteiger partial charge in [0.1, 0.15) is 0 Å². The minimum atomic E-state index is 0.476. The number of unbranched alkanes of at least 4 members (excludes halogenated alkanes) is 9. The van der Waals surface area contributed by atoms with Crippen LogP contribution in [0.25, 0.3) is 0 Å². The number of hydrogen-bond donors (Lipinski definition) is 1. The Morgan fingerprint density at radius 3 is 1.89 bits per heavy atom. The van der Waals surface area contributed by atoms with Crippen molar-refractivity contribution in [2.24, 2.45) is 5.92 Å². The Morgan fingerprint density at radius 1 is 0.842 bits per heavy atom. The van der Waals surface area contributed by atoms with E-state index in [0.29, 0.717) is 5.38 Å². The van der Waals surface area contributed by atoms with Gasteiger partial charge in [0.15, 0.2) is 0 Å². The van der Waals surface area contributed by atoms with E-state index in [0.717, 1.165) is 5.92 Å². The van der Waals surface area contributed by atoms with Gasteiger partial charge in [0, 0.05) is 5.38 Å². The van der Waals surface area contributed by atoms with Crippen LogP contribution < -0.4 is 5.32 Å². The molecule has 0 aromatic carbocycles. The van der Waals surface area contributed by atoms with Crippen molar-refractivity contribution in [1.29, 1.82) is 0 Å². The van der Waals surface area contributed by atoms with E-state index in [1.807, 2.05) is 0 Å². The van der Waals surface area contributed by atoms with Gasteiger partial charge in [0.2, 0.25) is 0 Å². The summed E-state index contributed by atoms with van der Waals surface area (Å²) in [5.41, 5.74) is 0. The summed E-state index contributed by atoms with van der Waals surface area (Å²) in [6, 6.07) is 0. The molecule has 0 unspecified atom stereocenters. The first-order valence-electron chi connectivity index (χ1n) is 8.67. The SMILES string of the molecule is CCCCCCCCCCCCNCC1CC(Cl)C1. The van der Waals surface area contributed by atoms with Crippen LogP contribution in [0.5, 0.6) is 0 Å². The largest absolute Gasteiger partial charge is 0.316 e. The van der Waals surface area contributed by atoms with Crippen LogP contribution >= 0.6 is 11.6 Å². The maximum Gasteiger partial charge on any atom is 0.0342 e. The van der Waals surface area contributed by atoms with Crippen molar-refractivity contribution in [2.45, 2.75) is 89.4 Å². The van der Waals surface area contributed by atoms with Gasteiger partial charge >= 0.3 is 0 Å². The molecular formula is C17H34ClN. The first-order chi connectivity index (χ1) is 9.33. The van der Waals surface area contributed by atoms with E-state index in [-0.39, 0.29) is 0 Å². The van der Waals surface area contributed by atoms with Crippen molar-refractivity contribution in [3.05, 3.63) is 0 Å². The zero-order valence-electron chi connectivity index (χ0n) is 12.9. The normalized spacial score (nSPS) is 22.4. The van der Waals surface area contributed by atoms with Gasteiger partial charge in [0.05, 0.1) is 0 Å². The fraction of sp³-hybridized carbons (Fsp3) is 1.00. The molecule has 0 amide bonds. The molecule has 2 heteroatoms. The zero-order chi connectivity index (χ0) is 13.8. The van der Waals surface area contributed by atoms with Crippen molar-refractivity contribution < 1.29 is 0 Å². The third kappa shape index (κ3) is 9.73. The maximum absolute atomic E-state index is 5.97. The average Bonchev–Trinajstić information content (AvgIpc) is 2.37. The maximum atomic E-state index is 5.97. The van der Waals surface area contributed by atoms with E-state index in [9.17, 15) is 0 Å². The molecule has 114 valence electrons. The van der Waals surface area contributed by atoms with Gasteiger partial charge in [-0.05, 0) is 38.3 Å². The van der Waals surface area contributed by atoms with E-state index in [2.05, 4.69) is 12.2 Å². The quantitative estimate of drug-likeness (QED) is 0.348. The van der Waals surface area contributed by atoms with Gasteiger partial charge in [0.25, 0.3) is 0 Å². The minimum absolute atomic E-state index is 0.476. The number of rotatable bonds is 13. The molecule has 0 spiro atoms. The van der Waals surface area contributed by atoms with Crippen molar-refractivity contribution in [3.8, 4) is 0 Å². The van der Waals surface area contributed by atoms with Crippen molar-refractivity contribution in [2.75, 3.05) is 13.1 Å². The molecule has 0 saturated heterocycles. The summed E-state index contributed by atoms with van der Waals surface area (Å²) in [6.45, 7) is 4.69. The predicted molar refractivity (Wildman–Crippen MR) is 87.1 cm³/mol. The monoisotopic (exact) mass is 287 g/mol. The first kappa shape index (κ1) is 17.3. The number of hydrogen-bond acceptors (Lipinski definition) is 1. The summed E-state index contributed by atoms with van der Waals surface area (Å²) >= 11 is 5.97. The zero-order valence-corrected chi connectivity index (χ0v) is 13.7. The van der Waals surface area contributed by atoms with Crippen LogP contribution in [0.4, 0.5) is 0 Å². The molecule has 1 aliphatic carbocycles. The molecule has 0 heterocycles. The van der Waals surface area contributed by atoms with Crippen LogP contribution in [0.1, 0.15) is 84.0 Å². The highest BCUT2D eigenvalue weighted by molar-refractivity contribution is 6.21. The van der Waals surface area contributed by atoms with Gasteiger partial charge in [-0.25, -0.2) is 0 Å². The summed E-state index contributed by atoms with van der Waals surface area (Å²) in [7, 11) is 0. The lowest BCUT2D eigenvalue weighted by atomic mass is 9.85. The summed E-state index contributed by atoms with van der Waals surface area (Å²) < 4.78 is 0. The van der Waals surface area contributed by atoms with Crippen molar-refractivity contribution in [3.63, 3.8) is 0 Å². The molecule has 1 N–H and O–H groups in total. The van der Waals surface area contributed by atoms with Crippen LogP contribution in [0.15, 0.2) is 0 Å². The highest BCUT2D eigenvalue weighted by Gasteiger charge is 2.26. The summed E-state index contributed by atoms with van der Waals surface area (Å²) in [4.78, 5) is 0. The minimum Gasteiger partial charge on any atom is -0.316 e. The lowest BCUT2D eigenvalue weighted by Crippen LogP contribution is -2.33. The molecule has 0 atom stereocenters. The second kappa shape index (κ2) is 12.0. The Hall–Kier alpha value is 0.250. The predicted octanol–water partition coefficient (Wildman–Crippen LogP) is 5.51. The molecule has 0 aliphatic heterocycles. The number of alkyl halides is 1. The highest BCUT2D eigenvalue weighted by atomic mass is 35.5. The fourth-order valence-corrected chi connectivity index (χ4v) is 3.37. The lowest BCUT2D eigenvalue weighted by molar-refractivity contribution is 0.308. The average molecular weight is 288 g/mol. The molecule has 0 aromatic rings. The Balaban J connectivity index is 1.65. The lowest BCUT2D eigenvalue weighted by Gasteiger charge is -2.30. The van der Waals surface area contributed by atoms with Crippen molar-refractivity contribution in [1.82, 2.24) is 5.32 Å². The Bertz CT molecular complexity index is 190. The van der Waals surface area contributed by atoms with E-state index >= 15 is 0 Å². The van der Waals surface area contributed by atoms with Crippen LogP contribution in [-0.2, 0) is 0 Å². The molecule has 1 fully saturated rings. The van der Waals surface area contributed by atoms with E-state index in [4.69, 9.17) is 11.6 Å². The van der Waals surface area contributed by atoms with Gasteiger partial charge in [-0.3, -0.25) is 0 Å². The second-order valence-electron chi connectivity index (χ2n) is 6.32. The van der Waals surface area contributed by atoms with Crippen LogP contribution in [0.3, 0.4) is 0 Å². The molecule has 1 nitrogen and oxygen atoms in total. The molecule has 1 aliphatic rings. The fourth-order valence-electron chi connectivity index (χ4n) is 2.86. The third-order valence-electron chi connectivity index (χ3n) is 4.32. The first-order valence-corrected chi connectivity index (χ1v) is 9.11. The van der Waals surface area contributed by atoms with E-state index < -0.39 is 0 Å². The van der Waals surface area contributed by atoms with Crippen LogP contribution in [-0.4, -0.2) is 18.5 Å². The topological polar surface area (TPSA) is 12.0 Å². The van der Waals surface area contributed by atoms with Gasteiger partial charge in [-0.1, -0.05) is 64.7 Å².